The molecule has 0 radical (unpaired) electrons. The van der Waals surface area contributed by atoms with Gasteiger partial charge in [0.25, 0.3) is 0 Å². The van der Waals surface area contributed by atoms with Crippen LogP contribution < -0.4 is 0 Å². The molecule has 0 aliphatic heterocycles. The van der Waals surface area contributed by atoms with E-state index < -0.39 is 0 Å². The maximum Gasteiger partial charge on any atom is 0.180 e. The Labute approximate surface area is 436 Å². The molecule has 0 aliphatic carbocycles. The van der Waals surface area contributed by atoms with Gasteiger partial charge >= 0.3 is 0 Å². The molecule has 0 atom stereocenters. The van der Waals surface area contributed by atoms with Crippen LogP contribution in [0.2, 0.25) is 0 Å². The topological polar surface area (TPSA) is 53.7 Å². The zero-order chi connectivity index (χ0) is 49.8. The fraction of sp³-hybridized carbons (Fsp3) is 0. The van der Waals surface area contributed by atoms with E-state index in [2.05, 4.69) is 238 Å². The van der Waals surface area contributed by atoms with Crippen LogP contribution in [0.15, 0.2) is 265 Å². The van der Waals surface area contributed by atoms with E-state index in [1.165, 1.54) is 32.6 Å². The van der Waals surface area contributed by atoms with Crippen molar-refractivity contribution in [1.82, 2.24) is 23.7 Å². The minimum absolute atomic E-state index is 0.639. The Kier molecular flexibility index (Phi) is 9.23. The molecule has 0 saturated carbocycles. The second kappa shape index (κ2) is 16.6. The lowest BCUT2D eigenvalue weighted by Gasteiger charge is -2.21. The SMILES string of the molecule is c1ccc(-c2nc(-c3cc(-c4ccccc4)c(-n4c5ccc(-n6c7ccccc7c7ccccc76)cc5c5ccc(-n6c7ccccc7c7ccccc76)cc54)c(-c4ccccc4)c3)c3oc4ccccc4c3n2)cc1. The van der Waals surface area contributed by atoms with Gasteiger partial charge in [-0.25, -0.2) is 9.97 Å². The molecule has 5 aromatic heterocycles. The predicted octanol–water partition coefficient (Wildman–Crippen LogP) is 18.3. The first-order chi connectivity index (χ1) is 37.7. The highest BCUT2D eigenvalue weighted by molar-refractivity contribution is 6.15. The summed E-state index contributed by atoms with van der Waals surface area (Å²) < 4.78 is 14.2. The third-order valence-corrected chi connectivity index (χ3v) is 15.4. The van der Waals surface area contributed by atoms with Crippen LogP contribution in [-0.4, -0.2) is 23.7 Å². The highest BCUT2D eigenvalue weighted by Crippen LogP contribution is 2.47. The first-order valence-electron chi connectivity index (χ1n) is 25.8. The molecule has 0 bridgehead atoms. The summed E-state index contributed by atoms with van der Waals surface area (Å²) in [4.78, 5) is 10.7. The Morgan fingerprint density at radius 1 is 0.289 bits per heavy atom. The van der Waals surface area contributed by atoms with Crippen molar-refractivity contribution in [2.45, 2.75) is 0 Å². The van der Waals surface area contributed by atoms with Crippen LogP contribution in [0.1, 0.15) is 0 Å². The molecular weight excluding hydrogens is 927 g/mol. The van der Waals surface area contributed by atoms with Gasteiger partial charge < -0.3 is 18.1 Å². The first kappa shape index (κ1) is 42.2. The number of hydrogen-bond acceptors (Lipinski definition) is 3. The number of furan rings is 1. The minimum Gasteiger partial charge on any atom is -0.452 e. The Bertz CT molecular complexity index is 4820. The van der Waals surface area contributed by atoms with Gasteiger partial charge in [0, 0.05) is 71.3 Å². The monoisotopic (exact) mass is 969 g/mol. The quantitative estimate of drug-likeness (QED) is 0.160. The highest BCUT2D eigenvalue weighted by atomic mass is 16.3. The third-order valence-electron chi connectivity index (χ3n) is 15.4. The average molecular weight is 970 g/mol. The molecule has 0 spiro atoms. The molecule has 0 fully saturated rings. The second-order valence-electron chi connectivity index (χ2n) is 19.7. The second-order valence-corrected chi connectivity index (χ2v) is 19.7. The molecule has 354 valence electrons. The van der Waals surface area contributed by atoms with Crippen molar-refractivity contribution in [3.05, 3.63) is 261 Å². The van der Waals surface area contributed by atoms with E-state index in [0.717, 1.165) is 105 Å². The number of aromatic nitrogens is 5. The van der Waals surface area contributed by atoms with Gasteiger partial charge in [0.15, 0.2) is 11.4 Å². The molecule has 11 aromatic carbocycles. The van der Waals surface area contributed by atoms with Crippen LogP contribution in [0.5, 0.6) is 0 Å². The van der Waals surface area contributed by atoms with E-state index in [1.807, 2.05) is 36.4 Å². The van der Waals surface area contributed by atoms with Crippen molar-refractivity contribution in [2.75, 3.05) is 0 Å². The molecule has 0 unspecified atom stereocenters. The molecule has 16 aromatic rings. The van der Waals surface area contributed by atoms with Gasteiger partial charge in [-0.05, 0) is 90.0 Å². The van der Waals surface area contributed by atoms with Crippen molar-refractivity contribution in [1.29, 1.82) is 0 Å². The van der Waals surface area contributed by atoms with Gasteiger partial charge in [0.1, 0.15) is 16.8 Å². The molecule has 0 N–H and O–H groups in total. The van der Waals surface area contributed by atoms with Crippen LogP contribution in [0.25, 0.3) is 149 Å². The predicted molar refractivity (Wildman–Crippen MR) is 314 cm³/mol. The van der Waals surface area contributed by atoms with Crippen molar-refractivity contribution < 1.29 is 4.42 Å². The van der Waals surface area contributed by atoms with Gasteiger partial charge in [-0.1, -0.05) is 182 Å². The first-order valence-corrected chi connectivity index (χ1v) is 25.8. The van der Waals surface area contributed by atoms with Crippen LogP contribution in [0, 0.1) is 0 Å². The zero-order valence-electron chi connectivity index (χ0n) is 41.0. The summed E-state index contributed by atoms with van der Waals surface area (Å²) >= 11 is 0. The van der Waals surface area contributed by atoms with Crippen molar-refractivity contribution in [3.8, 4) is 62.0 Å². The summed E-state index contributed by atoms with van der Waals surface area (Å²) in [6, 6.07) is 93.7. The van der Waals surface area contributed by atoms with Gasteiger partial charge in [0.2, 0.25) is 0 Å². The van der Waals surface area contributed by atoms with E-state index >= 15 is 0 Å². The molecular formula is C70H43N5O. The Balaban J connectivity index is 1.05. The smallest absolute Gasteiger partial charge is 0.180 e. The fourth-order valence-corrected chi connectivity index (χ4v) is 12.1. The lowest BCUT2D eigenvalue weighted by atomic mass is 9.91. The van der Waals surface area contributed by atoms with E-state index in [4.69, 9.17) is 14.4 Å². The van der Waals surface area contributed by atoms with Crippen LogP contribution >= 0.6 is 0 Å². The van der Waals surface area contributed by atoms with Gasteiger partial charge in [-0.2, -0.15) is 0 Å². The van der Waals surface area contributed by atoms with Crippen LogP contribution in [0.3, 0.4) is 0 Å². The number of rotatable bonds is 7. The minimum atomic E-state index is 0.639. The highest BCUT2D eigenvalue weighted by Gasteiger charge is 2.26. The average Bonchev–Trinajstić information content (AvgIpc) is 4.32. The Hall–Kier alpha value is -10.3. The van der Waals surface area contributed by atoms with Crippen LogP contribution in [-0.2, 0) is 0 Å². The molecule has 6 nitrogen and oxygen atoms in total. The van der Waals surface area contributed by atoms with Crippen molar-refractivity contribution >= 4 is 87.5 Å². The number of fused-ring (bicyclic) bond motifs is 12. The summed E-state index contributed by atoms with van der Waals surface area (Å²) in [6.07, 6.45) is 0. The summed E-state index contributed by atoms with van der Waals surface area (Å²) in [5.74, 6) is 0.639. The normalized spacial score (nSPS) is 11.9. The maximum absolute atomic E-state index is 6.81. The Morgan fingerprint density at radius 2 is 0.724 bits per heavy atom. The number of benzene rings is 11. The summed E-state index contributed by atoms with van der Waals surface area (Å²) in [7, 11) is 0. The Morgan fingerprint density at radius 3 is 1.28 bits per heavy atom. The number of para-hydroxylation sites is 5. The van der Waals surface area contributed by atoms with Gasteiger partial charge in [0.05, 0.1) is 38.8 Å². The fourth-order valence-electron chi connectivity index (χ4n) is 12.1. The molecule has 0 saturated heterocycles. The molecule has 76 heavy (non-hydrogen) atoms. The van der Waals surface area contributed by atoms with Crippen molar-refractivity contribution in [3.63, 3.8) is 0 Å². The lowest BCUT2D eigenvalue weighted by Crippen LogP contribution is -2.03. The summed E-state index contributed by atoms with van der Waals surface area (Å²) in [6.45, 7) is 0. The molecule has 16 rings (SSSR count). The molecule has 0 amide bonds. The molecule has 6 heteroatoms. The van der Waals surface area contributed by atoms with Crippen LogP contribution in [0.4, 0.5) is 0 Å². The summed E-state index contributed by atoms with van der Waals surface area (Å²) in [5, 5.41) is 8.16. The lowest BCUT2D eigenvalue weighted by molar-refractivity contribution is 0.667. The van der Waals surface area contributed by atoms with E-state index in [1.54, 1.807) is 0 Å². The van der Waals surface area contributed by atoms with E-state index in [9.17, 15) is 0 Å². The largest absolute Gasteiger partial charge is 0.452 e. The van der Waals surface area contributed by atoms with E-state index in [0.29, 0.717) is 11.4 Å². The number of hydrogen-bond donors (Lipinski definition) is 0. The summed E-state index contributed by atoms with van der Waals surface area (Å²) in [5.41, 5.74) is 19.1. The maximum atomic E-state index is 6.81. The van der Waals surface area contributed by atoms with E-state index in [-0.39, 0.29) is 0 Å². The zero-order valence-corrected chi connectivity index (χ0v) is 41.0. The molecule has 0 aliphatic rings. The number of nitrogens with zero attached hydrogens (tertiary/aromatic N) is 5. The van der Waals surface area contributed by atoms with Crippen molar-refractivity contribution in [2.24, 2.45) is 0 Å². The van der Waals surface area contributed by atoms with Gasteiger partial charge in [-0.3, -0.25) is 0 Å². The molecule has 5 heterocycles. The standard InChI is InChI=1S/C70H43N5O/c1-4-20-44(21-5-1)56-40-47(66-69-67(55-30-14-19-35-65(55)76-69)72-70(71-66)46-24-8-3-9-25-46)41-57(45-22-6-2-7-23-45)68(56)75-63-39-37-48(73-59-31-15-10-26-50(59)51-27-11-16-32-60(51)73)42-58(63)54-38-36-49(43-64(54)75)74-61-33-17-12-28-52(61)53-29-13-18-34-62(53)74/h1-43H. The third kappa shape index (κ3) is 6.34. The van der Waals surface area contributed by atoms with Gasteiger partial charge in [-0.15, -0.1) is 0 Å².